The monoisotopic (exact) mass is 461 g/mol. The number of ether oxygens (including phenoxy) is 1. The van der Waals surface area contributed by atoms with Crippen molar-refractivity contribution < 1.29 is 14.6 Å². The van der Waals surface area contributed by atoms with Crippen LogP contribution in [0.3, 0.4) is 0 Å². The van der Waals surface area contributed by atoms with Crippen LogP contribution in [-0.2, 0) is 16.6 Å². The van der Waals surface area contributed by atoms with E-state index in [0.717, 1.165) is 30.0 Å². The fraction of sp³-hybridized carbons (Fsp3) is 0.333. The van der Waals surface area contributed by atoms with Gasteiger partial charge >= 0.3 is 5.97 Å². The van der Waals surface area contributed by atoms with E-state index in [1.807, 2.05) is 37.5 Å². The number of pyridine rings is 1. The fourth-order valence-electron chi connectivity index (χ4n) is 4.32. The van der Waals surface area contributed by atoms with Gasteiger partial charge in [0.2, 0.25) is 0 Å². The van der Waals surface area contributed by atoms with Crippen molar-refractivity contribution in [2.75, 3.05) is 31.2 Å². The zero-order valence-corrected chi connectivity index (χ0v) is 19.2. The van der Waals surface area contributed by atoms with Gasteiger partial charge in [0, 0.05) is 38.0 Å². The molecule has 4 heterocycles. The molecule has 1 aliphatic rings. The van der Waals surface area contributed by atoms with Crippen LogP contribution in [0, 0.1) is 6.92 Å². The Kier molecular flexibility index (Phi) is 5.76. The molecule has 0 saturated carbocycles. The number of aromatic nitrogens is 5. The molecule has 10 nitrogen and oxygen atoms in total. The summed E-state index contributed by atoms with van der Waals surface area (Å²) in [7, 11) is 1.81. The molecule has 0 bridgehead atoms. The van der Waals surface area contributed by atoms with Crippen molar-refractivity contribution >= 4 is 22.8 Å². The van der Waals surface area contributed by atoms with E-state index in [1.165, 1.54) is 5.56 Å². The number of nitrogens with two attached hydrogens (primary N) is 1. The SMILES string of the molecule is Cc1cccc(-c2ccn(-c3cc(N4CCOCC4)c4nc([C@@H](N)CC(=O)O)n(C)c4n3)n2)c1. The molecule has 1 saturated heterocycles. The molecule has 176 valence electrons. The first-order valence-corrected chi connectivity index (χ1v) is 11.2. The average Bonchev–Trinajstić information content (AvgIpc) is 3.44. The Bertz CT molecular complexity index is 1350. The highest BCUT2D eigenvalue weighted by molar-refractivity contribution is 5.88. The Hall–Kier alpha value is -3.76. The molecule has 4 aromatic rings. The number of carboxylic acid groups (broad SMARTS) is 1. The first kappa shape index (κ1) is 22.1. The van der Waals surface area contributed by atoms with Crippen LogP contribution in [0.2, 0.25) is 0 Å². The first-order valence-electron chi connectivity index (χ1n) is 11.2. The van der Waals surface area contributed by atoms with Crippen LogP contribution >= 0.6 is 0 Å². The van der Waals surface area contributed by atoms with Crippen LogP contribution < -0.4 is 10.6 Å². The Morgan fingerprint density at radius 1 is 1.21 bits per heavy atom. The topological polar surface area (TPSA) is 124 Å². The number of rotatable bonds is 6. The third-order valence-corrected chi connectivity index (χ3v) is 6.04. The van der Waals surface area contributed by atoms with Gasteiger partial charge in [0.05, 0.1) is 37.1 Å². The lowest BCUT2D eigenvalue weighted by atomic mass is 10.1. The van der Waals surface area contributed by atoms with Gasteiger partial charge < -0.3 is 25.0 Å². The zero-order valence-electron chi connectivity index (χ0n) is 19.2. The lowest BCUT2D eigenvalue weighted by Crippen LogP contribution is -2.36. The zero-order chi connectivity index (χ0) is 23.8. The molecule has 1 aliphatic heterocycles. The standard InChI is InChI=1S/C24H27N7O3/c1-15-4-3-5-16(12-15)18-6-7-31(28-18)20-14-19(30-8-10-34-11-9-30)22-24(26-20)29(2)23(27-22)17(25)13-21(32)33/h3-7,12,14,17H,8-11,13,25H2,1-2H3,(H,32,33)/t17-/m0/s1. The van der Waals surface area contributed by atoms with Gasteiger partial charge in [-0.25, -0.2) is 14.6 Å². The minimum Gasteiger partial charge on any atom is -0.481 e. The smallest absolute Gasteiger partial charge is 0.305 e. The number of morpholine rings is 1. The van der Waals surface area contributed by atoms with Crippen molar-refractivity contribution in [3.63, 3.8) is 0 Å². The quantitative estimate of drug-likeness (QED) is 0.449. The maximum absolute atomic E-state index is 11.2. The Balaban J connectivity index is 1.62. The van der Waals surface area contributed by atoms with Crippen molar-refractivity contribution in [2.45, 2.75) is 19.4 Å². The molecule has 0 unspecified atom stereocenters. The maximum Gasteiger partial charge on any atom is 0.305 e. The van der Waals surface area contributed by atoms with Gasteiger partial charge in [-0.15, -0.1) is 0 Å². The van der Waals surface area contributed by atoms with Crippen LogP contribution in [0.5, 0.6) is 0 Å². The molecule has 1 fully saturated rings. The van der Waals surface area contributed by atoms with Gasteiger partial charge in [0.1, 0.15) is 11.3 Å². The van der Waals surface area contributed by atoms with Crippen LogP contribution in [0.15, 0.2) is 42.6 Å². The van der Waals surface area contributed by atoms with Crippen LogP contribution in [0.1, 0.15) is 23.9 Å². The molecule has 3 N–H and O–H groups in total. The van der Waals surface area contributed by atoms with Gasteiger partial charge in [-0.3, -0.25) is 4.79 Å². The van der Waals surface area contributed by atoms with Crippen molar-refractivity contribution in [2.24, 2.45) is 12.8 Å². The van der Waals surface area contributed by atoms with Gasteiger partial charge in [-0.1, -0.05) is 23.8 Å². The molecule has 3 aromatic heterocycles. The number of carbonyl (C=O) groups is 1. The number of benzene rings is 1. The summed E-state index contributed by atoms with van der Waals surface area (Å²) in [5, 5.41) is 14.0. The third kappa shape index (κ3) is 4.13. The molecule has 10 heteroatoms. The van der Waals surface area contributed by atoms with E-state index in [0.29, 0.717) is 36.0 Å². The number of aryl methyl sites for hydroxylation is 2. The van der Waals surface area contributed by atoms with E-state index in [9.17, 15) is 9.90 Å². The summed E-state index contributed by atoms with van der Waals surface area (Å²) in [5.41, 5.74) is 11.5. The Labute approximate surface area is 196 Å². The lowest BCUT2D eigenvalue weighted by Gasteiger charge is -2.29. The summed E-state index contributed by atoms with van der Waals surface area (Å²) >= 11 is 0. The number of imidazole rings is 1. The summed E-state index contributed by atoms with van der Waals surface area (Å²) in [6.45, 7) is 4.74. The minimum atomic E-state index is -0.971. The molecule has 1 atom stereocenters. The molecule has 0 spiro atoms. The first-order chi connectivity index (χ1) is 16.4. The fourth-order valence-corrected chi connectivity index (χ4v) is 4.32. The number of fused-ring (bicyclic) bond motifs is 1. The average molecular weight is 462 g/mol. The van der Waals surface area contributed by atoms with E-state index in [1.54, 1.807) is 9.25 Å². The maximum atomic E-state index is 11.2. The summed E-state index contributed by atoms with van der Waals surface area (Å²) in [6, 6.07) is 11.4. The van der Waals surface area contributed by atoms with Crippen molar-refractivity contribution in [1.29, 1.82) is 0 Å². The molecule has 1 aromatic carbocycles. The van der Waals surface area contributed by atoms with Crippen LogP contribution in [0.25, 0.3) is 28.2 Å². The number of carboxylic acids is 1. The number of aliphatic carboxylic acids is 1. The third-order valence-electron chi connectivity index (χ3n) is 6.04. The minimum absolute atomic E-state index is 0.212. The summed E-state index contributed by atoms with van der Waals surface area (Å²) in [4.78, 5) is 23.0. The second kappa shape index (κ2) is 8.88. The van der Waals surface area contributed by atoms with Gasteiger partial charge in [0.15, 0.2) is 11.5 Å². The molecule has 5 rings (SSSR count). The van der Waals surface area contributed by atoms with Gasteiger partial charge in [-0.2, -0.15) is 5.10 Å². The highest BCUT2D eigenvalue weighted by atomic mass is 16.5. The number of anilines is 1. The molecular weight excluding hydrogens is 434 g/mol. The predicted octanol–water partition coefficient (Wildman–Crippen LogP) is 2.44. The van der Waals surface area contributed by atoms with Crippen molar-refractivity contribution in [3.05, 3.63) is 54.0 Å². The summed E-state index contributed by atoms with van der Waals surface area (Å²) in [6.07, 6.45) is 1.68. The molecular formula is C24H27N7O3. The molecule has 0 amide bonds. The largest absolute Gasteiger partial charge is 0.481 e. The summed E-state index contributed by atoms with van der Waals surface area (Å²) < 4.78 is 9.07. The Morgan fingerprint density at radius 3 is 2.74 bits per heavy atom. The van der Waals surface area contributed by atoms with Crippen LogP contribution in [0.4, 0.5) is 5.69 Å². The van der Waals surface area contributed by atoms with E-state index in [-0.39, 0.29) is 6.42 Å². The van der Waals surface area contributed by atoms with E-state index in [2.05, 4.69) is 24.0 Å². The second-order valence-corrected chi connectivity index (χ2v) is 8.52. The van der Waals surface area contributed by atoms with E-state index < -0.39 is 12.0 Å². The van der Waals surface area contributed by atoms with E-state index in [4.69, 9.17) is 25.5 Å². The highest BCUT2D eigenvalue weighted by Gasteiger charge is 2.24. The number of hydrogen-bond donors (Lipinski definition) is 2. The second-order valence-electron chi connectivity index (χ2n) is 8.52. The molecule has 0 aliphatic carbocycles. The number of hydrogen-bond acceptors (Lipinski definition) is 7. The Morgan fingerprint density at radius 2 is 2.00 bits per heavy atom. The highest BCUT2D eigenvalue weighted by Crippen LogP contribution is 2.31. The predicted molar refractivity (Wildman–Crippen MR) is 128 cm³/mol. The van der Waals surface area contributed by atoms with Gasteiger partial charge in [-0.05, 0) is 19.1 Å². The van der Waals surface area contributed by atoms with Crippen molar-refractivity contribution in [3.8, 4) is 17.1 Å². The summed E-state index contributed by atoms with van der Waals surface area (Å²) in [5.74, 6) is 0.161. The van der Waals surface area contributed by atoms with Crippen LogP contribution in [-0.4, -0.2) is 61.7 Å². The molecule has 34 heavy (non-hydrogen) atoms. The van der Waals surface area contributed by atoms with E-state index >= 15 is 0 Å². The van der Waals surface area contributed by atoms with Gasteiger partial charge in [0.25, 0.3) is 0 Å². The normalized spacial score (nSPS) is 15.1. The molecule has 0 radical (unpaired) electrons. The lowest BCUT2D eigenvalue weighted by molar-refractivity contribution is -0.137. The number of nitrogens with zero attached hydrogens (tertiary/aromatic N) is 6. The van der Waals surface area contributed by atoms with Crippen molar-refractivity contribution in [1.82, 2.24) is 24.3 Å².